The molecular formula is C36H32IO2P2Re. The molecule has 0 radical (unpaired) electrons. The summed E-state index contributed by atoms with van der Waals surface area (Å²) in [7, 11) is -6.75. The van der Waals surface area contributed by atoms with E-state index in [1.54, 1.807) is 0 Å². The van der Waals surface area contributed by atoms with Crippen LogP contribution in [0.2, 0.25) is 0 Å². The van der Waals surface area contributed by atoms with Gasteiger partial charge < -0.3 is 0 Å². The monoisotopic (exact) mass is 872 g/mol. The fraction of sp³-hybridized carbons (Fsp3) is 0. The van der Waals surface area contributed by atoms with E-state index in [2.05, 4.69) is 19.5 Å². The van der Waals surface area contributed by atoms with Crippen LogP contribution in [0.1, 0.15) is 0 Å². The Bertz CT molecular complexity index is 1590. The van der Waals surface area contributed by atoms with Crippen molar-refractivity contribution in [3.8, 4) is 0 Å². The van der Waals surface area contributed by atoms with Crippen molar-refractivity contribution in [2.45, 2.75) is 0 Å². The second kappa shape index (κ2) is 11.7. The predicted octanol–water partition coefficient (Wildman–Crippen LogP) is 7.00. The molecule has 42 heavy (non-hydrogen) atoms. The average Bonchev–Trinajstić information content (AvgIpc) is 3.04. The molecule has 0 atom stereocenters. The summed E-state index contributed by atoms with van der Waals surface area (Å²) in [6.45, 7) is 0. The van der Waals surface area contributed by atoms with E-state index in [4.69, 9.17) is 0 Å². The zero-order valence-corrected chi connectivity index (χ0v) is 29.8. The first kappa shape index (κ1) is 29.3. The van der Waals surface area contributed by atoms with E-state index in [0.29, 0.717) is 0 Å². The minimum atomic E-state index is -6.75. The molecule has 6 aromatic rings. The molecule has 6 rings (SSSR count). The standard InChI is InChI=1S/2C18H15P.HI.2O.Re/c2*1-4-10-16(11-5-1)19(17-12-6-2-7-13-17)18-14-8-3-9-15-18;;;;/h2*1-15H;1H;;;/q;;;;;-1/p+1. The Morgan fingerprint density at radius 1 is 0.310 bits per heavy atom. The van der Waals surface area contributed by atoms with Crippen LogP contribution in [0.25, 0.3) is 0 Å². The second-order valence-corrected chi connectivity index (χ2v) is 72.8. The SMILES string of the molecule is [O]=[Re](=[O])([I])([PH](c1ccccc1)(c1ccccc1)c1ccccc1)[PH](c1ccccc1)(c1ccccc1)c1ccccc1. The third-order valence-corrected chi connectivity index (χ3v) is 95.5. The molecule has 0 heterocycles. The molecule has 6 aromatic carbocycles. The number of halogens is 1. The van der Waals surface area contributed by atoms with Crippen molar-refractivity contribution < 1.29 is 16.6 Å². The summed E-state index contributed by atoms with van der Waals surface area (Å²) in [4.78, 5) is 0. The van der Waals surface area contributed by atoms with Crippen molar-refractivity contribution in [2.75, 3.05) is 0 Å². The van der Waals surface area contributed by atoms with Crippen molar-refractivity contribution in [3.63, 3.8) is 0 Å². The van der Waals surface area contributed by atoms with E-state index in [0.717, 1.165) is 31.8 Å². The van der Waals surface area contributed by atoms with Gasteiger partial charge in [0.1, 0.15) is 0 Å². The normalized spacial score (nSPS) is 13.9. The molecule has 0 spiro atoms. The van der Waals surface area contributed by atoms with Gasteiger partial charge in [-0.05, 0) is 0 Å². The summed E-state index contributed by atoms with van der Waals surface area (Å²) in [6, 6.07) is 60.3. The molecule has 2 nitrogen and oxygen atoms in total. The summed E-state index contributed by atoms with van der Waals surface area (Å²) in [6.07, 6.45) is 0. The average molecular weight is 872 g/mol. The van der Waals surface area contributed by atoms with E-state index in [1.807, 2.05) is 182 Å². The number of hydrogen-bond donors (Lipinski definition) is 0. The van der Waals surface area contributed by atoms with Crippen molar-refractivity contribution in [2.24, 2.45) is 0 Å². The van der Waals surface area contributed by atoms with Gasteiger partial charge in [0.15, 0.2) is 0 Å². The van der Waals surface area contributed by atoms with E-state index < -0.39 is 20.5 Å². The Labute approximate surface area is 258 Å². The molecule has 0 unspecified atom stereocenters. The van der Waals surface area contributed by atoms with Crippen LogP contribution in [-0.4, -0.2) is 0 Å². The van der Waals surface area contributed by atoms with Gasteiger partial charge in [-0.25, -0.2) is 0 Å². The minimum absolute atomic E-state index is 0.892. The molecule has 0 aromatic heterocycles. The Balaban J connectivity index is 1.94. The molecule has 0 saturated carbocycles. The van der Waals surface area contributed by atoms with E-state index in [1.165, 1.54) is 0 Å². The summed E-state index contributed by atoms with van der Waals surface area (Å²) in [5.74, 6) is 0. The van der Waals surface area contributed by atoms with Gasteiger partial charge in [-0.15, -0.1) is 0 Å². The zero-order valence-electron chi connectivity index (χ0n) is 22.9. The van der Waals surface area contributed by atoms with Crippen molar-refractivity contribution in [1.82, 2.24) is 0 Å². The summed E-state index contributed by atoms with van der Waals surface area (Å²) < 4.78 is 34.6. The zero-order chi connectivity index (χ0) is 29.1. The Hall–Kier alpha value is -2.83. The molecule has 0 bridgehead atoms. The Morgan fingerprint density at radius 3 is 0.595 bits per heavy atom. The maximum atomic E-state index is 17.3. The van der Waals surface area contributed by atoms with Gasteiger partial charge in [-0.3, -0.25) is 0 Å². The molecule has 0 saturated heterocycles. The van der Waals surface area contributed by atoms with Gasteiger partial charge in [0.05, 0.1) is 0 Å². The second-order valence-electron chi connectivity index (χ2n) is 10.2. The third-order valence-electron chi connectivity index (χ3n) is 7.99. The number of hydrogen-bond acceptors (Lipinski definition) is 2. The first-order chi connectivity index (χ1) is 20.4. The van der Waals surface area contributed by atoms with E-state index >= 15 is 6.94 Å². The summed E-state index contributed by atoms with van der Waals surface area (Å²) in [5.41, 5.74) is -7.64. The number of rotatable bonds is 8. The summed E-state index contributed by atoms with van der Waals surface area (Å²) >= 11 is 2.08. The van der Waals surface area contributed by atoms with E-state index in [-0.39, 0.29) is 0 Å². The first-order valence-electron chi connectivity index (χ1n) is 13.8. The van der Waals surface area contributed by atoms with Crippen molar-refractivity contribution >= 4 is 62.2 Å². The summed E-state index contributed by atoms with van der Waals surface area (Å²) in [5, 5.41) is 5.35. The predicted molar refractivity (Wildman–Crippen MR) is 188 cm³/mol. The van der Waals surface area contributed by atoms with Crippen LogP contribution in [-0.2, 0) is 16.6 Å². The van der Waals surface area contributed by atoms with Gasteiger partial charge in [0.2, 0.25) is 0 Å². The van der Waals surface area contributed by atoms with Crippen LogP contribution in [0.15, 0.2) is 182 Å². The molecule has 0 amide bonds. The van der Waals surface area contributed by atoms with Crippen molar-refractivity contribution in [3.05, 3.63) is 182 Å². The van der Waals surface area contributed by atoms with Crippen LogP contribution in [0.4, 0.5) is 0 Å². The topological polar surface area (TPSA) is 34.1 Å². The maximum absolute atomic E-state index is 17.3. The molecule has 0 aliphatic heterocycles. The van der Waals surface area contributed by atoms with Crippen molar-refractivity contribution in [1.29, 1.82) is 0 Å². The quantitative estimate of drug-likeness (QED) is 0.122. The van der Waals surface area contributed by atoms with Gasteiger partial charge >= 0.3 is 261 Å². The van der Waals surface area contributed by atoms with Crippen LogP contribution in [0, 0.1) is 0 Å². The van der Waals surface area contributed by atoms with Crippen LogP contribution < -0.4 is 31.8 Å². The fourth-order valence-electron chi connectivity index (χ4n) is 6.33. The molecule has 0 aliphatic rings. The number of benzene rings is 6. The molecule has 0 aliphatic carbocycles. The van der Waals surface area contributed by atoms with Gasteiger partial charge in [0.25, 0.3) is 0 Å². The molecular weight excluding hydrogens is 839 g/mol. The molecule has 6 heteroatoms. The van der Waals surface area contributed by atoms with Gasteiger partial charge in [-0.1, -0.05) is 0 Å². The van der Waals surface area contributed by atoms with Gasteiger partial charge in [0, 0.05) is 0 Å². The van der Waals surface area contributed by atoms with E-state index in [9.17, 15) is 0 Å². The molecule has 212 valence electrons. The fourth-order valence-corrected chi connectivity index (χ4v) is 113. The Morgan fingerprint density at radius 2 is 0.452 bits per heavy atom. The van der Waals surface area contributed by atoms with Gasteiger partial charge in [-0.2, -0.15) is 0 Å². The molecule has 0 fully saturated rings. The Kier molecular flexibility index (Phi) is 8.14. The third kappa shape index (κ3) is 4.40. The van der Waals surface area contributed by atoms with Crippen LogP contribution >= 0.6 is 30.4 Å². The van der Waals surface area contributed by atoms with Crippen LogP contribution in [0.3, 0.4) is 0 Å². The van der Waals surface area contributed by atoms with Crippen LogP contribution in [0.5, 0.6) is 0 Å². The first-order valence-corrected chi connectivity index (χ1v) is 35.6. The molecule has 0 N–H and O–H groups in total.